The van der Waals surface area contributed by atoms with Crippen LogP contribution in [0.4, 0.5) is 5.69 Å². The molecule has 1 N–H and O–H groups in total. The van der Waals surface area contributed by atoms with Gasteiger partial charge in [0.2, 0.25) is 0 Å². The molecule has 8 heteroatoms. The van der Waals surface area contributed by atoms with E-state index in [1.54, 1.807) is 12.1 Å². The molecule has 0 aliphatic heterocycles. The van der Waals surface area contributed by atoms with E-state index in [-0.39, 0.29) is 11.8 Å². The quantitative estimate of drug-likeness (QED) is 0.912. The lowest BCUT2D eigenvalue weighted by Crippen LogP contribution is -2.22. The number of anilines is 1. The third kappa shape index (κ3) is 3.33. The fourth-order valence-electron chi connectivity index (χ4n) is 2.79. The van der Waals surface area contributed by atoms with E-state index in [1.807, 2.05) is 31.1 Å². The summed E-state index contributed by atoms with van der Waals surface area (Å²) in [5, 5.41) is 10.7. The average molecular weight is 347 g/mol. The number of nitrogens with zero attached hydrogens (tertiary/aromatic N) is 4. The molecule has 0 unspecified atom stereocenters. The summed E-state index contributed by atoms with van der Waals surface area (Å²) in [4.78, 5) is 15.0. The lowest BCUT2D eigenvalue weighted by Gasteiger charge is -2.17. The summed E-state index contributed by atoms with van der Waals surface area (Å²) in [7, 11) is 1.12. The molecule has 7 nitrogen and oxygen atoms in total. The van der Waals surface area contributed by atoms with Gasteiger partial charge < -0.3 is 4.90 Å². The lowest BCUT2D eigenvalue weighted by molar-refractivity contribution is -0.121. The molecule has 1 aromatic heterocycles. The van der Waals surface area contributed by atoms with Crippen molar-refractivity contribution in [2.75, 3.05) is 25.3 Å². The molecule has 0 spiro atoms. The maximum atomic E-state index is 12.9. The first-order valence-corrected chi connectivity index (χ1v) is 9.71. The molecule has 24 heavy (non-hydrogen) atoms. The van der Waals surface area contributed by atoms with Gasteiger partial charge in [0, 0.05) is 43.3 Å². The monoisotopic (exact) mass is 347 g/mol. The van der Waals surface area contributed by atoms with Gasteiger partial charge in [0.05, 0.1) is 21.1 Å². The summed E-state index contributed by atoms with van der Waals surface area (Å²) >= 11 is 0. The van der Waals surface area contributed by atoms with Gasteiger partial charge >= 0.3 is 0 Å². The molecule has 0 fully saturated rings. The molecule has 1 aliphatic rings. The number of benzene rings is 1. The fraction of sp³-hybridized carbons (Fsp3) is 0.438. The highest BCUT2D eigenvalue weighted by molar-refractivity contribution is 7.93. The number of amides is 1. The first-order valence-electron chi connectivity index (χ1n) is 7.79. The first-order chi connectivity index (χ1) is 11.4. The number of carbonyl (C=O) groups is 1. The van der Waals surface area contributed by atoms with Gasteiger partial charge in [-0.15, -0.1) is 0 Å². The second-order valence-corrected chi connectivity index (χ2v) is 8.54. The predicted octanol–water partition coefficient (Wildman–Crippen LogP) is 1.66. The van der Waals surface area contributed by atoms with Crippen LogP contribution in [0.1, 0.15) is 17.8 Å². The molecule has 0 radical (unpaired) electrons. The Morgan fingerprint density at radius 1 is 1.25 bits per heavy atom. The van der Waals surface area contributed by atoms with Crippen LogP contribution in [-0.4, -0.2) is 45.9 Å². The molecule has 0 bridgehead atoms. The smallest absolute Gasteiger partial charge is 0.257 e. The van der Waals surface area contributed by atoms with Crippen LogP contribution in [0.2, 0.25) is 0 Å². The number of aromatic amines is 1. The molecule has 1 heterocycles. The van der Waals surface area contributed by atoms with E-state index in [9.17, 15) is 9.00 Å². The van der Waals surface area contributed by atoms with Crippen LogP contribution >= 0.6 is 0 Å². The average Bonchev–Trinajstić information content (AvgIpc) is 3.02. The molecular formula is C16H21N5O2S. The van der Waals surface area contributed by atoms with E-state index in [2.05, 4.69) is 19.8 Å². The van der Waals surface area contributed by atoms with Gasteiger partial charge in [0.1, 0.15) is 0 Å². The molecule has 128 valence electrons. The number of rotatable bonds is 3. The van der Waals surface area contributed by atoms with Crippen molar-refractivity contribution in [1.29, 1.82) is 0 Å². The number of carbonyl (C=O) groups excluding carboxylic acids is 1. The predicted molar refractivity (Wildman–Crippen MR) is 92.4 cm³/mol. The maximum absolute atomic E-state index is 12.9. The van der Waals surface area contributed by atoms with Crippen LogP contribution < -0.4 is 4.90 Å². The molecule has 2 aromatic rings. The molecule has 1 amide bonds. The number of fused-ring (bicyclic) bond motifs is 1. The largest absolute Gasteiger partial charge is 0.378 e. The van der Waals surface area contributed by atoms with Crippen molar-refractivity contribution in [2.24, 2.45) is 10.3 Å². The summed E-state index contributed by atoms with van der Waals surface area (Å²) in [5.74, 6) is -0.586. The van der Waals surface area contributed by atoms with Crippen LogP contribution in [0.5, 0.6) is 0 Å². The van der Waals surface area contributed by atoms with Gasteiger partial charge in [-0.1, -0.05) is 0 Å². The zero-order chi connectivity index (χ0) is 17.3. The number of H-pyrrole nitrogens is 1. The van der Waals surface area contributed by atoms with Crippen LogP contribution in [-0.2, 0) is 27.4 Å². The van der Waals surface area contributed by atoms with Crippen LogP contribution in [0.15, 0.2) is 33.5 Å². The van der Waals surface area contributed by atoms with Gasteiger partial charge in [-0.2, -0.15) is 19.8 Å². The third-order valence-corrected chi connectivity index (χ3v) is 5.95. The maximum Gasteiger partial charge on any atom is 0.257 e. The number of hydrogen-bond donors (Lipinski definition) is 1. The van der Waals surface area contributed by atoms with E-state index in [4.69, 9.17) is 0 Å². The molecular weight excluding hydrogens is 326 g/mol. The highest BCUT2D eigenvalue weighted by Gasteiger charge is 2.28. The van der Waals surface area contributed by atoms with Crippen molar-refractivity contribution in [3.63, 3.8) is 0 Å². The topological polar surface area (TPSA) is 91.3 Å². The Hall–Kier alpha value is -2.22. The SMILES string of the molecule is CN(C)c1ccc([S@@](C)(=O)=NC(=O)[C@@H]2CCc3n[nH]nc3C2)cc1. The van der Waals surface area contributed by atoms with Gasteiger partial charge in [0.15, 0.2) is 0 Å². The van der Waals surface area contributed by atoms with Crippen molar-refractivity contribution in [3.05, 3.63) is 35.7 Å². The molecule has 3 rings (SSSR count). The van der Waals surface area contributed by atoms with E-state index >= 15 is 0 Å². The van der Waals surface area contributed by atoms with E-state index in [0.717, 1.165) is 17.1 Å². The van der Waals surface area contributed by atoms with Gasteiger partial charge in [-0.05, 0) is 37.1 Å². The first kappa shape index (κ1) is 16.6. The van der Waals surface area contributed by atoms with E-state index in [1.165, 1.54) is 6.26 Å². The number of hydrogen-bond acceptors (Lipinski definition) is 5. The Morgan fingerprint density at radius 3 is 2.58 bits per heavy atom. The Labute approximate surface area is 141 Å². The van der Waals surface area contributed by atoms with Gasteiger partial charge in [0.25, 0.3) is 5.91 Å². The molecule has 1 aliphatic carbocycles. The Bertz CT molecular complexity index is 863. The fourth-order valence-corrected chi connectivity index (χ4v) is 4.03. The summed E-state index contributed by atoms with van der Waals surface area (Å²) in [6.07, 6.45) is 3.38. The highest BCUT2D eigenvalue weighted by Crippen LogP contribution is 2.25. The Morgan fingerprint density at radius 2 is 1.92 bits per heavy atom. The lowest BCUT2D eigenvalue weighted by atomic mass is 9.89. The van der Waals surface area contributed by atoms with Crippen molar-refractivity contribution >= 4 is 21.3 Å². The third-order valence-electron chi connectivity index (χ3n) is 4.28. The minimum absolute atomic E-state index is 0.274. The zero-order valence-corrected chi connectivity index (χ0v) is 14.8. The number of nitrogens with one attached hydrogen (secondary N) is 1. The standard InChI is InChI=1S/C16H21N5O2S/c1-21(2)12-5-7-13(8-6-12)24(3,23)19-16(22)11-4-9-14-15(10-11)18-20-17-14/h5-8,11H,4,9-10H2,1-3H3,(H,17,18,20)/t11-,24-/m1/s1. The minimum Gasteiger partial charge on any atom is -0.378 e. The van der Waals surface area contributed by atoms with Crippen molar-refractivity contribution in [2.45, 2.75) is 24.2 Å². The van der Waals surface area contributed by atoms with Gasteiger partial charge in [-0.25, -0.2) is 4.21 Å². The van der Waals surface area contributed by atoms with Crippen LogP contribution in [0.3, 0.4) is 0 Å². The highest BCUT2D eigenvalue weighted by atomic mass is 32.2. The Kier molecular flexibility index (Phi) is 4.40. The van der Waals surface area contributed by atoms with Crippen LogP contribution in [0, 0.1) is 5.92 Å². The summed E-state index contributed by atoms with van der Waals surface area (Å²) in [6.45, 7) is 0. The zero-order valence-electron chi connectivity index (χ0n) is 14.0. The van der Waals surface area contributed by atoms with Crippen molar-refractivity contribution in [1.82, 2.24) is 15.4 Å². The summed E-state index contributed by atoms with van der Waals surface area (Å²) in [5.41, 5.74) is 2.73. The van der Waals surface area contributed by atoms with E-state index < -0.39 is 9.73 Å². The summed E-state index contributed by atoms with van der Waals surface area (Å²) in [6, 6.07) is 7.29. The molecule has 0 saturated heterocycles. The van der Waals surface area contributed by atoms with Gasteiger partial charge in [-0.3, -0.25) is 4.79 Å². The molecule has 0 saturated carbocycles. The second-order valence-electron chi connectivity index (χ2n) is 6.28. The number of aryl methyl sites for hydroxylation is 1. The molecule has 2 atom stereocenters. The second kappa shape index (κ2) is 6.35. The van der Waals surface area contributed by atoms with Crippen molar-refractivity contribution in [3.8, 4) is 0 Å². The summed E-state index contributed by atoms with van der Waals surface area (Å²) < 4.78 is 16.9. The Balaban J connectivity index is 1.81. The molecule has 1 aromatic carbocycles. The van der Waals surface area contributed by atoms with Crippen molar-refractivity contribution < 1.29 is 9.00 Å². The minimum atomic E-state index is -2.75. The van der Waals surface area contributed by atoms with Crippen LogP contribution in [0.25, 0.3) is 0 Å². The normalized spacial score (nSPS) is 19.2. The van der Waals surface area contributed by atoms with E-state index in [0.29, 0.717) is 24.2 Å². The number of aromatic nitrogens is 3.